The molecule has 2 atom stereocenters. The third kappa shape index (κ3) is 3.56. The Morgan fingerprint density at radius 3 is 2.96 bits per heavy atom. The number of urea groups is 1. The summed E-state index contributed by atoms with van der Waals surface area (Å²) in [6.45, 7) is 7.30. The molecule has 0 radical (unpaired) electrons. The minimum atomic E-state index is -0.0830. The lowest BCUT2D eigenvalue weighted by atomic mass is 10.1. The lowest BCUT2D eigenvalue weighted by Gasteiger charge is -2.36. The van der Waals surface area contributed by atoms with Gasteiger partial charge < -0.3 is 19.5 Å². The van der Waals surface area contributed by atoms with Crippen LogP contribution in [0.15, 0.2) is 21.3 Å². The van der Waals surface area contributed by atoms with Crippen LogP contribution in [0.2, 0.25) is 0 Å². The van der Waals surface area contributed by atoms with Crippen LogP contribution >= 0.6 is 11.3 Å². The van der Waals surface area contributed by atoms with Crippen LogP contribution in [-0.2, 0) is 11.3 Å². The first-order valence-electron chi connectivity index (χ1n) is 7.66. The lowest BCUT2D eigenvalue weighted by molar-refractivity contribution is -0.0655. The Bertz CT molecular complexity index is 649. The number of amides is 2. The van der Waals surface area contributed by atoms with E-state index in [1.54, 1.807) is 11.3 Å². The van der Waals surface area contributed by atoms with Crippen molar-refractivity contribution in [2.75, 3.05) is 13.1 Å². The number of nitrogens with one attached hydrogen (secondary N) is 1. The van der Waals surface area contributed by atoms with E-state index in [2.05, 4.69) is 15.9 Å². The van der Waals surface area contributed by atoms with Crippen LogP contribution < -0.4 is 5.32 Å². The SMILES string of the molecule is Cc1noc(C)c1CNC(=O)N1CC(C)OC(c2ccsc2)C1. The van der Waals surface area contributed by atoms with Crippen LogP contribution in [-0.4, -0.2) is 35.3 Å². The molecule has 1 N–H and O–H groups in total. The summed E-state index contributed by atoms with van der Waals surface area (Å²) >= 11 is 1.64. The number of hydrogen-bond donors (Lipinski definition) is 1. The maximum atomic E-state index is 12.5. The van der Waals surface area contributed by atoms with Gasteiger partial charge in [0.05, 0.1) is 18.3 Å². The number of aryl methyl sites for hydroxylation is 2. The van der Waals surface area contributed by atoms with Crippen LogP contribution in [0, 0.1) is 13.8 Å². The largest absolute Gasteiger partial charge is 0.367 e. The fraction of sp³-hybridized carbons (Fsp3) is 0.500. The molecule has 0 spiro atoms. The lowest BCUT2D eigenvalue weighted by Crippen LogP contribution is -2.49. The van der Waals surface area contributed by atoms with E-state index in [0.717, 1.165) is 22.6 Å². The van der Waals surface area contributed by atoms with Crippen LogP contribution in [0.1, 0.15) is 35.6 Å². The molecule has 2 aromatic heterocycles. The molecule has 23 heavy (non-hydrogen) atoms. The van der Waals surface area contributed by atoms with E-state index in [9.17, 15) is 4.79 Å². The Labute approximate surface area is 139 Å². The summed E-state index contributed by atoms with van der Waals surface area (Å²) in [5.74, 6) is 0.745. The van der Waals surface area contributed by atoms with Gasteiger partial charge in [0.15, 0.2) is 0 Å². The zero-order chi connectivity index (χ0) is 16.4. The van der Waals surface area contributed by atoms with Crippen LogP contribution in [0.3, 0.4) is 0 Å². The predicted octanol–water partition coefficient (Wildman–Crippen LogP) is 3.02. The molecule has 1 aliphatic heterocycles. The molecule has 2 amide bonds. The minimum Gasteiger partial charge on any atom is -0.367 e. The first kappa shape index (κ1) is 16.0. The zero-order valence-corrected chi connectivity index (χ0v) is 14.4. The Hall–Kier alpha value is -1.86. The average Bonchev–Trinajstić information content (AvgIpc) is 3.16. The normalized spacial score (nSPS) is 21.4. The van der Waals surface area contributed by atoms with Crippen molar-refractivity contribution in [2.45, 2.75) is 39.5 Å². The maximum Gasteiger partial charge on any atom is 0.317 e. The second-order valence-corrected chi connectivity index (χ2v) is 6.64. The molecule has 7 heteroatoms. The van der Waals surface area contributed by atoms with Crippen molar-refractivity contribution >= 4 is 17.4 Å². The highest BCUT2D eigenvalue weighted by molar-refractivity contribution is 7.07. The van der Waals surface area contributed by atoms with Gasteiger partial charge in [-0.3, -0.25) is 0 Å². The number of aromatic nitrogens is 1. The summed E-state index contributed by atoms with van der Waals surface area (Å²) in [4.78, 5) is 14.3. The van der Waals surface area contributed by atoms with Crippen molar-refractivity contribution in [1.29, 1.82) is 0 Å². The van der Waals surface area contributed by atoms with Crippen LogP contribution in [0.25, 0.3) is 0 Å². The fourth-order valence-electron chi connectivity index (χ4n) is 2.79. The molecule has 1 saturated heterocycles. The van der Waals surface area contributed by atoms with Gasteiger partial charge in [0.2, 0.25) is 0 Å². The average molecular weight is 335 g/mol. The summed E-state index contributed by atoms with van der Waals surface area (Å²) in [5.41, 5.74) is 2.88. The predicted molar refractivity (Wildman–Crippen MR) is 87.4 cm³/mol. The molecule has 1 fully saturated rings. The highest BCUT2D eigenvalue weighted by Gasteiger charge is 2.29. The van der Waals surface area contributed by atoms with Gasteiger partial charge in [0, 0.05) is 18.7 Å². The smallest absolute Gasteiger partial charge is 0.317 e. The highest BCUT2D eigenvalue weighted by Crippen LogP contribution is 2.26. The number of hydrogen-bond acceptors (Lipinski definition) is 5. The van der Waals surface area contributed by atoms with Crippen molar-refractivity contribution in [3.63, 3.8) is 0 Å². The molecule has 6 nitrogen and oxygen atoms in total. The molecule has 0 aromatic carbocycles. The van der Waals surface area contributed by atoms with Crippen molar-refractivity contribution < 1.29 is 14.1 Å². The molecule has 0 bridgehead atoms. The molecule has 0 saturated carbocycles. The summed E-state index contributed by atoms with van der Waals surface area (Å²) in [5, 5.41) is 11.0. The summed E-state index contributed by atoms with van der Waals surface area (Å²) < 4.78 is 11.1. The number of carbonyl (C=O) groups excluding carboxylic acids is 1. The second kappa shape index (κ2) is 6.72. The molecule has 0 aliphatic carbocycles. The molecule has 3 rings (SSSR count). The van der Waals surface area contributed by atoms with E-state index in [0.29, 0.717) is 19.6 Å². The highest BCUT2D eigenvalue weighted by atomic mass is 32.1. The quantitative estimate of drug-likeness (QED) is 0.936. The first-order valence-corrected chi connectivity index (χ1v) is 8.61. The number of ether oxygens (including phenoxy) is 1. The standard InChI is InChI=1S/C16H21N3O3S/c1-10-7-19(8-15(21-10)13-4-5-23-9-13)16(20)17-6-14-11(2)18-22-12(14)3/h4-5,9-10,15H,6-8H2,1-3H3,(H,17,20). The van der Waals surface area contributed by atoms with E-state index in [1.165, 1.54) is 0 Å². The molecular weight excluding hydrogens is 314 g/mol. The van der Waals surface area contributed by atoms with E-state index >= 15 is 0 Å². The zero-order valence-electron chi connectivity index (χ0n) is 13.5. The van der Waals surface area contributed by atoms with Crippen molar-refractivity contribution in [1.82, 2.24) is 15.4 Å². The second-order valence-electron chi connectivity index (χ2n) is 5.86. The van der Waals surface area contributed by atoms with Crippen molar-refractivity contribution in [3.8, 4) is 0 Å². The summed E-state index contributed by atoms with van der Waals surface area (Å²) in [7, 11) is 0. The summed E-state index contributed by atoms with van der Waals surface area (Å²) in [6, 6.07) is 1.97. The number of carbonyl (C=O) groups is 1. The van der Waals surface area contributed by atoms with Gasteiger partial charge in [-0.25, -0.2) is 4.79 Å². The van der Waals surface area contributed by atoms with Gasteiger partial charge in [-0.1, -0.05) is 5.16 Å². The Morgan fingerprint density at radius 2 is 2.30 bits per heavy atom. The van der Waals surface area contributed by atoms with E-state index < -0.39 is 0 Å². The van der Waals surface area contributed by atoms with Gasteiger partial charge >= 0.3 is 6.03 Å². The number of nitrogens with zero attached hydrogens (tertiary/aromatic N) is 2. The molecule has 2 aromatic rings. The van der Waals surface area contributed by atoms with Gasteiger partial charge in [0.25, 0.3) is 0 Å². The van der Waals surface area contributed by atoms with Gasteiger partial charge in [-0.2, -0.15) is 11.3 Å². The van der Waals surface area contributed by atoms with Gasteiger partial charge in [-0.05, 0) is 43.2 Å². The third-order valence-corrected chi connectivity index (χ3v) is 4.76. The third-order valence-electron chi connectivity index (χ3n) is 4.06. The molecule has 1 aliphatic rings. The topological polar surface area (TPSA) is 67.6 Å². The molecule has 124 valence electrons. The van der Waals surface area contributed by atoms with Crippen molar-refractivity contribution in [3.05, 3.63) is 39.4 Å². The number of thiophene rings is 1. The number of morpholine rings is 1. The minimum absolute atomic E-state index is 0.0125. The summed E-state index contributed by atoms with van der Waals surface area (Å²) in [6.07, 6.45) is -0.0479. The first-order chi connectivity index (χ1) is 11.0. The Kier molecular flexibility index (Phi) is 4.68. The Balaban J connectivity index is 1.62. The van der Waals surface area contributed by atoms with Gasteiger partial charge in [0.1, 0.15) is 11.9 Å². The Morgan fingerprint density at radius 1 is 1.48 bits per heavy atom. The van der Waals surface area contributed by atoms with E-state index in [1.807, 2.05) is 37.1 Å². The number of rotatable bonds is 3. The molecule has 3 heterocycles. The van der Waals surface area contributed by atoms with Crippen molar-refractivity contribution in [2.24, 2.45) is 0 Å². The maximum absolute atomic E-state index is 12.5. The monoisotopic (exact) mass is 335 g/mol. The molecule has 2 unspecified atom stereocenters. The fourth-order valence-corrected chi connectivity index (χ4v) is 3.49. The van der Waals surface area contributed by atoms with E-state index in [4.69, 9.17) is 9.26 Å². The van der Waals surface area contributed by atoms with Crippen LogP contribution in [0.5, 0.6) is 0 Å². The van der Waals surface area contributed by atoms with Gasteiger partial charge in [-0.15, -0.1) is 0 Å². The van der Waals surface area contributed by atoms with Crippen LogP contribution in [0.4, 0.5) is 4.79 Å². The van der Waals surface area contributed by atoms with E-state index in [-0.39, 0.29) is 18.2 Å². The molecular formula is C16H21N3O3S.